The van der Waals surface area contributed by atoms with E-state index in [2.05, 4.69) is 0 Å². The number of non-ortho nitro benzene ring substituents is 1. The topological polar surface area (TPSA) is 89.8 Å². The van der Waals surface area contributed by atoms with Gasteiger partial charge in [0.05, 0.1) is 29.4 Å². The van der Waals surface area contributed by atoms with Gasteiger partial charge in [-0.3, -0.25) is 10.1 Å². The first kappa shape index (κ1) is 16.9. The van der Waals surface area contributed by atoms with Gasteiger partial charge in [0.1, 0.15) is 0 Å². The average Bonchev–Trinajstić information content (AvgIpc) is 2.47. The number of rotatable bonds is 5. The lowest BCUT2D eigenvalue weighted by Crippen LogP contribution is -2.57. The Kier molecular flexibility index (Phi) is 4.84. The number of nitrogens with zero attached hydrogens (tertiary/aromatic N) is 2. The molecule has 0 N–H and O–H groups in total. The molecule has 122 valence electrons. The molecule has 1 saturated heterocycles. The number of ether oxygens (including phenoxy) is 1. The second kappa shape index (κ2) is 6.31. The summed E-state index contributed by atoms with van der Waals surface area (Å²) in [5.74, 6) is -0.166. The zero-order chi connectivity index (χ0) is 16.4. The maximum absolute atomic E-state index is 12.7. The molecule has 0 amide bonds. The number of morpholine rings is 1. The number of nitro groups is 1. The zero-order valence-electron chi connectivity index (χ0n) is 12.7. The summed E-state index contributed by atoms with van der Waals surface area (Å²) in [6.07, 6.45) is 0.659. The Labute approximate surface area is 130 Å². The highest BCUT2D eigenvalue weighted by Gasteiger charge is 2.41. The van der Waals surface area contributed by atoms with Crippen LogP contribution in [0.15, 0.2) is 24.3 Å². The van der Waals surface area contributed by atoms with Gasteiger partial charge in [0.25, 0.3) is 5.69 Å². The van der Waals surface area contributed by atoms with Crippen molar-refractivity contribution >= 4 is 15.7 Å². The Morgan fingerprint density at radius 2 is 2.00 bits per heavy atom. The SMILES string of the molecule is CC[C@]1(C)COCCN1S(=O)(=O)Cc1ccc([N+](=O)[O-])cc1. The Bertz CT molecular complexity index is 644. The molecular formula is C14H20N2O5S. The fourth-order valence-electron chi connectivity index (χ4n) is 2.54. The average molecular weight is 328 g/mol. The summed E-state index contributed by atoms with van der Waals surface area (Å²) in [4.78, 5) is 10.1. The van der Waals surface area contributed by atoms with Gasteiger partial charge in [-0.25, -0.2) is 8.42 Å². The molecule has 1 atom stereocenters. The molecule has 8 heteroatoms. The largest absolute Gasteiger partial charge is 0.378 e. The van der Waals surface area contributed by atoms with Crippen molar-refractivity contribution in [2.75, 3.05) is 19.8 Å². The van der Waals surface area contributed by atoms with Crippen LogP contribution in [0.3, 0.4) is 0 Å². The fourth-order valence-corrected chi connectivity index (χ4v) is 4.51. The Morgan fingerprint density at radius 1 is 1.36 bits per heavy atom. The van der Waals surface area contributed by atoms with E-state index in [4.69, 9.17) is 4.74 Å². The molecule has 1 fully saturated rings. The van der Waals surface area contributed by atoms with Crippen LogP contribution < -0.4 is 0 Å². The quantitative estimate of drug-likeness (QED) is 0.608. The molecule has 1 aromatic carbocycles. The van der Waals surface area contributed by atoms with Crippen LogP contribution >= 0.6 is 0 Å². The predicted molar refractivity (Wildman–Crippen MR) is 81.9 cm³/mol. The van der Waals surface area contributed by atoms with Crippen molar-refractivity contribution in [3.63, 3.8) is 0 Å². The summed E-state index contributed by atoms with van der Waals surface area (Å²) in [6.45, 7) is 4.90. The van der Waals surface area contributed by atoms with Crippen molar-refractivity contribution in [3.8, 4) is 0 Å². The van der Waals surface area contributed by atoms with E-state index in [1.165, 1.54) is 28.6 Å². The molecule has 1 aliphatic heterocycles. The smallest absolute Gasteiger partial charge is 0.269 e. The normalized spacial score (nSPS) is 23.4. The van der Waals surface area contributed by atoms with Gasteiger partial charge in [-0.1, -0.05) is 19.1 Å². The number of sulfonamides is 1. The number of benzene rings is 1. The highest BCUT2D eigenvalue weighted by atomic mass is 32.2. The number of hydrogen-bond donors (Lipinski definition) is 0. The van der Waals surface area contributed by atoms with Gasteiger partial charge >= 0.3 is 0 Å². The Balaban J connectivity index is 2.21. The first-order valence-corrected chi connectivity index (χ1v) is 8.71. The van der Waals surface area contributed by atoms with Crippen molar-refractivity contribution in [1.29, 1.82) is 0 Å². The molecule has 0 spiro atoms. The van der Waals surface area contributed by atoms with Crippen LogP contribution in [-0.2, 0) is 20.5 Å². The van der Waals surface area contributed by atoms with Crippen molar-refractivity contribution in [1.82, 2.24) is 4.31 Å². The van der Waals surface area contributed by atoms with Gasteiger partial charge in [-0.05, 0) is 18.9 Å². The van der Waals surface area contributed by atoms with Crippen LogP contribution in [0.2, 0.25) is 0 Å². The standard InChI is InChI=1S/C14H20N2O5S/c1-3-14(2)11-21-9-8-15(14)22(19,20)10-12-4-6-13(7-5-12)16(17)18/h4-7H,3,8-11H2,1-2H3/t14-/m1/s1. The second-order valence-electron chi connectivity index (χ2n) is 5.65. The van der Waals surface area contributed by atoms with Gasteiger partial charge in [0.2, 0.25) is 10.0 Å². The van der Waals surface area contributed by atoms with Crippen LogP contribution in [0.5, 0.6) is 0 Å². The summed E-state index contributed by atoms with van der Waals surface area (Å²) in [6, 6.07) is 5.62. The highest BCUT2D eigenvalue weighted by molar-refractivity contribution is 7.88. The lowest BCUT2D eigenvalue weighted by molar-refractivity contribution is -0.384. The lowest BCUT2D eigenvalue weighted by atomic mass is 9.99. The van der Waals surface area contributed by atoms with Gasteiger partial charge in [0, 0.05) is 18.7 Å². The number of nitro benzene ring substituents is 1. The van der Waals surface area contributed by atoms with Crippen molar-refractivity contribution in [2.45, 2.75) is 31.6 Å². The molecule has 1 heterocycles. The van der Waals surface area contributed by atoms with E-state index in [9.17, 15) is 18.5 Å². The first-order valence-electron chi connectivity index (χ1n) is 7.10. The second-order valence-corrected chi connectivity index (χ2v) is 7.55. The molecule has 0 radical (unpaired) electrons. The van der Waals surface area contributed by atoms with E-state index in [0.717, 1.165) is 0 Å². The molecule has 22 heavy (non-hydrogen) atoms. The molecular weight excluding hydrogens is 308 g/mol. The molecule has 0 unspecified atom stereocenters. The van der Waals surface area contributed by atoms with Crippen LogP contribution in [0.1, 0.15) is 25.8 Å². The van der Waals surface area contributed by atoms with Gasteiger partial charge < -0.3 is 4.74 Å². The van der Waals surface area contributed by atoms with Gasteiger partial charge in [-0.15, -0.1) is 0 Å². The van der Waals surface area contributed by atoms with E-state index >= 15 is 0 Å². The van der Waals surface area contributed by atoms with Crippen LogP contribution in [-0.4, -0.2) is 42.9 Å². The summed E-state index contributed by atoms with van der Waals surface area (Å²) in [7, 11) is -3.51. The maximum atomic E-state index is 12.7. The Hall–Kier alpha value is -1.51. The van der Waals surface area contributed by atoms with E-state index < -0.39 is 20.5 Å². The number of hydrogen-bond acceptors (Lipinski definition) is 5. The molecule has 0 bridgehead atoms. The Morgan fingerprint density at radius 3 is 2.55 bits per heavy atom. The summed E-state index contributed by atoms with van der Waals surface area (Å²) in [5, 5.41) is 10.6. The molecule has 1 aliphatic rings. The fraction of sp³-hybridized carbons (Fsp3) is 0.571. The highest BCUT2D eigenvalue weighted by Crippen LogP contribution is 2.28. The van der Waals surface area contributed by atoms with E-state index in [0.29, 0.717) is 31.7 Å². The van der Waals surface area contributed by atoms with E-state index in [-0.39, 0.29) is 11.4 Å². The van der Waals surface area contributed by atoms with Crippen LogP contribution in [0.4, 0.5) is 5.69 Å². The molecule has 1 aromatic rings. The third-order valence-electron chi connectivity index (χ3n) is 4.05. The van der Waals surface area contributed by atoms with E-state index in [1.54, 1.807) is 0 Å². The minimum Gasteiger partial charge on any atom is -0.378 e. The monoisotopic (exact) mass is 328 g/mol. The summed E-state index contributed by atoms with van der Waals surface area (Å²) >= 11 is 0. The third kappa shape index (κ3) is 3.45. The molecule has 0 aromatic heterocycles. The predicted octanol–water partition coefficient (Wildman–Crippen LogP) is 1.93. The zero-order valence-corrected chi connectivity index (χ0v) is 13.5. The van der Waals surface area contributed by atoms with E-state index in [1.807, 2.05) is 13.8 Å². The van der Waals surface area contributed by atoms with Crippen LogP contribution in [0, 0.1) is 10.1 Å². The van der Waals surface area contributed by atoms with Crippen molar-refractivity contribution in [3.05, 3.63) is 39.9 Å². The molecule has 2 rings (SSSR count). The van der Waals surface area contributed by atoms with Crippen molar-refractivity contribution in [2.24, 2.45) is 0 Å². The van der Waals surface area contributed by atoms with Crippen LogP contribution in [0.25, 0.3) is 0 Å². The molecule has 0 saturated carbocycles. The molecule has 7 nitrogen and oxygen atoms in total. The lowest BCUT2D eigenvalue weighted by Gasteiger charge is -2.42. The maximum Gasteiger partial charge on any atom is 0.269 e. The minimum absolute atomic E-state index is 0.0501. The first-order chi connectivity index (χ1) is 10.3. The summed E-state index contributed by atoms with van der Waals surface area (Å²) in [5.41, 5.74) is -0.0563. The van der Waals surface area contributed by atoms with Gasteiger partial charge in [-0.2, -0.15) is 4.31 Å². The summed E-state index contributed by atoms with van der Waals surface area (Å²) < 4.78 is 32.3. The van der Waals surface area contributed by atoms with Crippen molar-refractivity contribution < 1.29 is 18.1 Å². The van der Waals surface area contributed by atoms with Gasteiger partial charge in [0.15, 0.2) is 0 Å². The minimum atomic E-state index is -3.51. The molecule has 0 aliphatic carbocycles. The third-order valence-corrected chi connectivity index (χ3v) is 6.04.